The molecule has 0 saturated heterocycles. The number of amides is 1. The molecule has 2 atom stereocenters. The van der Waals surface area contributed by atoms with E-state index in [1.54, 1.807) is 20.8 Å². The molecule has 0 saturated carbocycles. The smallest absolute Gasteiger partial charge is 0.444 e. The number of aliphatic hydroxyl groups is 1. The van der Waals surface area contributed by atoms with E-state index in [0.717, 1.165) is 5.56 Å². The zero-order valence-corrected chi connectivity index (χ0v) is 18.3. The van der Waals surface area contributed by atoms with Crippen molar-refractivity contribution in [1.82, 2.24) is 10.6 Å². The molecule has 0 spiro atoms. The van der Waals surface area contributed by atoms with Crippen molar-refractivity contribution >= 4 is 6.09 Å². The lowest BCUT2D eigenvalue weighted by Crippen LogP contribution is -2.49. The first-order valence-corrected chi connectivity index (χ1v) is 10.2. The zero-order chi connectivity index (χ0) is 23.8. The standard InChI is InChI=1S/C23H29F3N2O4/c1-22(2,3)32-21(30)28-19(13-16-7-5-4-6-8-16)20(29)15-27-14-17-9-11-18(12-10-17)31-23(24,25)26/h4-12,19-20,27,29H,13-15H2,1-3H3,(H,28,30)/t19-,20+/m0/s1. The number of benzene rings is 2. The SMILES string of the molecule is CC(C)(C)OC(=O)N[C@@H](Cc1ccccc1)[C@H](O)CNCc1ccc(OC(F)(F)F)cc1. The molecule has 0 fully saturated rings. The van der Waals surface area contributed by atoms with Crippen molar-refractivity contribution in [3.63, 3.8) is 0 Å². The Morgan fingerprint density at radius 2 is 1.62 bits per heavy atom. The molecule has 3 N–H and O–H groups in total. The fraction of sp³-hybridized carbons (Fsp3) is 0.435. The molecular weight excluding hydrogens is 425 g/mol. The average molecular weight is 454 g/mol. The molecule has 9 heteroatoms. The quantitative estimate of drug-likeness (QED) is 0.530. The van der Waals surface area contributed by atoms with E-state index in [-0.39, 0.29) is 12.3 Å². The monoisotopic (exact) mass is 454 g/mol. The van der Waals surface area contributed by atoms with Crippen molar-refractivity contribution in [2.24, 2.45) is 0 Å². The van der Waals surface area contributed by atoms with Crippen molar-refractivity contribution in [3.8, 4) is 5.75 Å². The molecule has 6 nitrogen and oxygen atoms in total. The molecule has 0 unspecified atom stereocenters. The predicted octanol–water partition coefficient (Wildman–Crippen LogP) is 4.17. The number of ether oxygens (including phenoxy) is 2. The first kappa shape index (κ1) is 25.5. The van der Waals surface area contributed by atoms with Gasteiger partial charge < -0.3 is 25.2 Å². The van der Waals surface area contributed by atoms with Crippen LogP contribution in [0.15, 0.2) is 54.6 Å². The number of carbonyl (C=O) groups is 1. The fourth-order valence-corrected chi connectivity index (χ4v) is 2.93. The molecule has 0 bridgehead atoms. The topological polar surface area (TPSA) is 79.8 Å². The van der Waals surface area contributed by atoms with Crippen LogP contribution in [0.25, 0.3) is 0 Å². The second-order valence-electron chi connectivity index (χ2n) is 8.33. The van der Waals surface area contributed by atoms with E-state index < -0.39 is 30.2 Å². The van der Waals surface area contributed by atoms with Gasteiger partial charge in [-0.05, 0) is 50.5 Å². The summed E-state index contributed by atoms with van der Waals surface area (Å²) >= 11 is 0. The molecule has 176 valence electrons. The highest BCUT2D eigenvalue weighted by atomic mass is 19.4. The highest BCUT2D eigenvalue weighted by Gasteiger charge is 2.31. The minimum absolute atomic E-state index is 0.147. The van der Waals surface area contributed by atoms with Crippen molar-refractivity contribution < 1.29 is 32.5 Å². The minimum Gasteiger partial charge on any atom is -0.444 e. The molecule has 0 aliphatic heterocycles. The molecule has 0 heterocycles. The number of alkyl carbamates (subject to hydrolysis) is 1. The van der Waals surface area contributed by atoms with Crippen LogP contribution in [-0.4, -0.2) is 41.9 Å². The van der Waals surface area contributed by atoms with Crippen molar-refractivity contribution in [1.29, 1.82) is 0 Å². The molecule has 1 amide bonds. The Morgan fingerprint density at radius 3 is 2.19 bits per heavy atom. The second kappa shape index (κ2) is 11.2. The van der Waals surface area contributed by atoms with E-state index in [2.05, 4.69) is 15.4 Å². The summed E-state index contributed by atoms with van der Waals surface area (Å²) in [4.78, 5) is 12.2. The van der Waals surface area contributed by atoms with Gasteiger partial charge in [-0.3, -0.25) is 0 Å². The third kappa shape index (κ3) is 10.0. The van der Waals surface area contributed by atoms with E-state index in [4.69, 9.17) is 4.74 Å². The Kier molecular flexibility index (Phi) is 8.91. The van der Waals surface area contributed by atoms with Crippen LogP contribution in [0, 0.1) is 0 Å². The third-order valence-electron chi connectivity index (χ3n) is 4.30. The lowest BCUT2D eigenvalue weighted by molar-refractivity contribution is -0.274. The molecular formula is C23H29F3N2O4. The number of hydrogen-bond acceptors (Lipinski definition) is 5. The largest absolute Gasteiger partial charge is 0.573 e. The summed E-state index contributed by atoms with van der Waals surface area (Å²) < 4.78 is 45.9. The summed E-state index contributed by atoms with van der Waals surface area (Å²) in [5.41, 5.74) is 0.978. The average Bonchev–Trinajstić information content (AvgIpc) is 2.67. The number of nitrogens with one attached hydrogen (secondary N) is 2. The fourth-order valence-electron chi connectivity index (χ4n) is 2.93. The van der Waals surface area contributed by atoms with Gasteiger partial charge in [-0.25, -0.2) is 4.79 Å². The Balaban J connectivity index is 1.93. The van der Waals surface area contributed by atoms with Gasteiger partial charge in [-0.1, -0.05) is 42.5 Å². The van der Waals surface area contributed by atoms with E-state index >= 15 is 0 Å². The van der Waals surface area contributed by atoms with E-state index in [1.165, 1.54) is 24.3 Å². The lowest BCUT2D eigenvalue weighted by Gasteiger charge is -2.27. The summed E-state index contributed by atoms with van der Waals surface area (Å²) in [6.07, 6.45) is -5.90. The summed E-state index contributed by atoms with van der Waals surface area (Å²) in [5, 5.41) is 16.5. The van der Waals surface area contributed by atoms with E-state index in [9.17, 15) is 23.1 Å². The first-order valence-electron chi connectivity index (χ1n) is 10.2. The van der Waals surface area contributed by atoms with Gasteiger partial charge >= 0.3 is 12.5 Å². The highest BCUT2D eigenvalue weighted by Crippen LogP contribution is 2.22. The number of alkyl halides is 3. The third-order valence-corrected chi connectivity index (χ3v) is 4.30. The van der Waals surface area contributed by atoms with Gasteiger partial charge in [-0.2, -0.15) is 0 Å². The molecule has 2 aromatic rings. The van der Waals surface area contributed by atoms with Crippen LogP contribution < -0.4 is 15.4 Å². The lowest BCUT2D eigenvalue weighted by atomic mass is 10.0. The van der Waals surface area contributed by atoms with Crippen LogP contribution in [0.4, 0.5) is 18.0 Å². The van der Waals surface area contributed by atoms with Crippen LogP contribution in [0.3, 0.4) is 0 Å². The van der Waals surface area contributed by atoms with Gasteiger partial charge in [0.15, 0.2) is 0 Å². The number of aliphatic hydroxyl groups excluding tert-OH is 1. The van der Waals surface area contributed by atoms with Crippen LogP contribution in [0.1, 0.15) is 31.9 Å². The Bertz CT molecular complexity index is 837. The van der Waals surface area contributed by atoms with Gasteiger partial charge in [0.1, 0.15) is 11.4 Å². The maximum Gasteiger partial charge on any atom is 0.573 e. The molecule has 0 aromatic heterocycles. The molecule has 0 aliphatic rings. The molecule has 32 heavy (non-hydrogen) atoms. The van der Waals surface area contributed by atoms with Gasteiger partial charge in [0.05, 0.1) is 12.1 Å². The summed E-state index contributed by atoms with van der Waals surface area (Å²) in [5.74, 6) is -0.300. The summed E-state index contributed by atoms with van der Waals surface area (Å²) in [7, 11) is 0. The molecule has 2 rings (SSSR count). The van der Waals surface area contributed by atoms with E-state index in [1.807, 2.05) is 30.3 Å². The molecule has 0 radical (unpaired) electrons. The van der Waals surface area contributed by atoms with Crippen LogP contribution in [0.5, 0.6) is 5.75 Å². The summed E-state index contributed by atoms with van der Waals surface area (Å²) in [6, 6.07) is 14.3. The highest BCUT2D eigenvalue weighted by molar-refractivity contribution is 5.68. The minimum atomic E-state index is -4.74. The maximum absolute atomic E-state index is 12.2. The Labute approximate surface area is 185 Å². The van der Waals surface area contributed by atoms with Crippen LogP contribution in [0.2, 0.25) is 0 Å². The van der Waals surface area contributed by atoms with Crippen molar-refractivity contribution in [3.05, 3.63) is 65.7 Å². The number of carbonyl (C=O) groups excluding carboxylic acids is 1. The predicted molar refractivity (Wildman–Crippen MR) is 114 cm³/mol. The van der Waals surface area contributed by atoms with Gasteiger partial charge in [0.2, 0.25) is 0 Å². The van der Waals surface area contributed by atoms with Gasteiger partial charge in [-0.15, -0.1) is 13.2 Å². The Hall–Kier alpha value is -2.78. The van der Waals surface area contributed by atoms with Crippen LogP contribution in [-0.2, 0) is 17.7 Å². The van der Waals surface area contributed by atoms with Gasteiger partial charge in [0.25, 0.3) is 0 Å². The number of halogens is 3. The Morgan fingerprint density at radius 1 is 1.00 bits per heavy atom. The van der Waals surface area contributed by atoms with Gasteiger partial charge in [0, 0.05) is 13.1 Å². The van der Waals surface area contributed by atoms with Crippen molar-refractivity contribution in [2.45, 2.75) is 57.8 Å². The zero-order valence-electron chi connectivity index (χ0n) is 18.3. The molecule has 0 aliphatic carbocycles. The molecule has 2 aromatic carbocycles. The maximum atomic E-state index is 12.2. The number of hydrogen-bond donors (Lipinski definition) is 3. The van der Waals surface area contributed by atoms with Crippen molar-refractivity contribution in [2.75, 3.05) is 6.54 Å². The normalized spacial score (nSPS) is 13.8. The van der Waals surface area contributed by atoms with E-state index in [0.29, 0.717) is 18.5 Å². The van der Waals surface area contributed by atoms with Crippen LogP contribution >= 0.6 is 0 Å². The second-order valence-corrected chi connectivity index (χ2v) is 8.33. The number of rotatable bonds is 9. The summed E-state index contributed by atoms with van der Waals surface area (Å²) in [6.45, 7) is 5.72. The first-order chi connectivity index (χ1) is 14.9.